The highest BCUT2D eigenvalue weighted by molar-refractivity contribution is 5.94. The molecule has 8 heteroatoms. The van der Waals surface area contributed by atoms with Gasteiger partial charge in [0.05, 0.1) is 19.7 Å². The van der Waals surface area contributed by atoms with Crippen LogP contribution in [0.3, 0.4) is 0 Å². The van der Waals surface area contributed by atoms with Crippen LogP contribution in [-0.2, 0) is 0 Å². The molecule has 2 aromatic rings. The molecule has 1 amide bonds. The van der Waals surface area contributed by atoms with Crippen molar-refractivity contribution < 1.29 is 14.6 Å². The normalized spacial score (nSPS) is 10.5. The van der Waals surface area contributed by atoms with E-state index in [0.717, 1.165) is 6.20 Å². The molecule has 0 fully saturated rings. The average molecular weight is 288 g/mol. The van der Waals surface area contributed by atoms with E-state index in [-0.39, 0.29) is 17.1 Å². The number of aromatic amines is 1. The van der Waals surface area contributed by atoms with Gasteiger partial charge in [-0.05, 0) is 12.1 Å². The van der Waals surface area contributed by atoms with Crippen LogP contribution in [0.1, 0.15) is 15.9 Å². The van der Waals surface area contributed by atoms with E-state index in [1.54, 1.807) is 18.2 Å². The summed E-state index contributed by atoms with van der Waals surface area (Å²) in [6.07, 6.45) is 3.55. The molecule has 0 unspecified atom stereocenters. The summed E-state index contributed by atoms with van der Waals surface area (Å²) in [6, 6.07) is 4.83. The average Bonchev–Trinajstić information content (AvgIpc) is 2.49. The topological polar surface area (TPSA) is 117 Å². The minimum absolute atomic E-state index is 0.0998. The van der Waals surface area contributed by atoms with Gasteiger partial charge < -0.3 is 14.8 Å². The van der Waals surface area contributed by atoms with E-state index < -0.39 is 11.5 Å². The number of methoxy groups -OCH3 is 1. The third kappa shape index (κ3) is 3.24. The number of para-hydroxylation sites is 1. The van der Waals surface area contributed by atoms with Crippen molar-refractivity contribution in [1.82, 2.24) is 15.4 Å². The van der Waals surface area contributed by atoms with E-state index in [1.807, 2.05) is 0 Å². The van der Waals surface area contributed by atoms with Crippen LogP contribution in [0.5, 0.6) is 11.5 Å². The Morgan fingerprint density at radius 1 is 1.52 bits per heavy atom. The molecular formula is C13H12N4O4. The number of nitrogens with zero attached hydrogens (tertiary/aromatic N) is 2. The van der Waals surface area contributed by atoms with Crippen LogP contribution in [0.2, 0.25) is 0 Å². The fourth-order valence-electron chi connectivity index (χ4n) is 1.53. The van der Waals surface area contributed by atoms with Crippen molar-refractivity contribution in [3.8, 4) is 11.5 Å². The molecule has 3 N–H and O–H groups in total. The quantitative estimate of drug-likeness (QED) is 0.550. The number of hydrazone groups is 1. The molecule has 0 saturated carbocycles. The van der Waals surface area contributed by atoms with E-state index in [4.69, 9.17) is 4.74 Å². The van der Waals surface area contributed by atoms with Gasteiger partial charge in [-0.15, -0.1) is 0 Å². The summed E-state index contributed by atoms with van der Waals surface area (Å²) >= 11 is 0. The lowest BCUT2D eigenvalue weighted by Crippen LogP contribution is -2.26. The standard InChI is InChI=1S/C13H12N4O4/c1-21-10-4-2-3-8(11(10)18)5-16-17-13(20)9-6-14-7-15-12(9)19/h2-7,18H,1H3,(H,17,20)(H,14,15,19). The molecule has 0 saturated heterocycles. The molecule has 8 nitrogen and oxygen atoms in total. The van der Waals surface area contributed by atoms with Crippen molar-refractivity contribution in [3.05, 3.63) is 52.2 Å². The van der Waals surface area contributed by atoms with Crippen LogP contribution in [0.15, 0.2) is 40.6 Å². The smallest absolute Gasteiger partial charge is 0.278 e. The molecule has 1 aromatic heterocycles. The highest BCUT2D eigenvalue weighted by Crippen LogP contribution is 2.27. The van der Waals surface area contributed by atoms with Crippen LogP contribution in [0.4, 0.5) is 0 Å². The first-order valence-electron chi connectivity index (χ1n) is 5.85. The molecule has 2 rings (SSSR count). The lowest BCUT2D eigenvalue weighted by Gasteiger charge is -2.04. The second-order valence-corrected chi connectivity index (χ2v) is 3.89. The van der Waals surface area contributed by atoms with E-state index >= 15 is 0 Å². The lowest BCUT2D eigenvalue weighted by molar-refractivity contribution is 0.0953. The second kappa shape index (κ2) is 6.33. The van der Waals surface area contributed by atoms with E-state index in [9.17, 15) is 14.7 Å². The van der Waals surface area contributed by atoms with Gasteiger partial charge in [-0.1, -0.05) is 6.07 Å². The van der Waals surface area contributed by atoms with Gasteiger partial charge in [0.1, 0.15) is 5.56 Å². The van der Waals surface area contributed by atoms with E-state index in [0.29, 0.717) is 5.56 Å². The Hall–Kier alpha value is -3.16. The number of aromatic hydroxyl groups is 1. The van der Waals surface area contributed by atoms with Gasteiger partial charge in [0.2, 0.25) is 0 Å². The van der Waals surface area contributed by atoms with Crippen molar-refractivity contribution in [2.45, 2.75) is 0 Å². The predicted molar refractivity (Wildman–Crippen MR) is 74.6 cm³/mol. The maximum Gasteiger partial charge on any atom is 0.278 e. The SMILES string of the molecule is COc1cccc(C=NNC(=O)c2cnc[nH]c2=O)c1O. The number of amides is 1. The molecule has 0 aliphatic carbocycles. The van der Waals surface area contributed by atoms with Crippen LogP contribution in [0, 0.1) is 0 Å². The van der Waals surface area contributed by atoms with Gasteiger partial charge in [-0.3, -0.25) is 9.59 Å². The molecule has 0 aliphatic rings. The Morgan fingerprint density at radius 2 is 2.33 bits per heavy atom. The summed E-state index contributed by atoms with van der Waals surface area (Å²) in [5.41, 5.74) is 1.80. The minimum atomic E-state index is -0.706. The number of phenolic OH excluding ortho intramolecular Hbond substituents is 1. The third-order valence-electron chi connectivity index (χ3n) is 2.58. The molecule has 0 aliphatic heterocycles. The van der Waals surface area contributed by atoms with Gasteiger partial charge in [-0.25, -0.2) is 10.4 Å². The number of hydrogen-bond acceptors (Lipinski definition) is 6. The zero-order valence-corrected chi connectivity index (χ0v) is 11.0. The van der Waals surface area contributed by atoms with Crippen LogP contribution in [-0.4, -0.2) is 34.3 Å². The fourth-order valence-corrected chi connectivity index (χ4v) is 1.53. The van der Waals surface area contributed by atoms with Crippen molar-refractivity contribution in [2.75, 3.05) is 7.11 Å². The maximum absolute atomic E-state index is 11.7. The first-order chi connectivity index (χ1) is 10.1. The van der Waals surface area contributed by atoms with Gasteiger partial charge in [0.25, 0.3) is 11.5 Å². The Labute approximate surface area is 119 Å². The number of nitrogens with one attached hydrogen (secondary N) is 2. The number of carbonyl (C=O) groups is 1. The number of aromatic nitrogens is 2. The van der Waals surface area contributed by atoms with E-state index in [1.165, 1.54) is 19.7 Å². The largest absolute Gasteiger partial charge is 0.504 e. The van der Waals surface area contributed by atoms with Crippen LogP contribution >= 0.6 is 0 Å². The summed E-state index contributed by atoms with van der Waals surface area (Å²) in [5.74, 6) is -0.519. The number of phenols is 1. The van der Waals surface area contributed by atoms with Gasteiger partial charge in [-0.2, -0.15) is 5.10 Å². The van der Waals surface area contributed by atoms with Gasteiger partial charge in [0, 0.05) is 11.8 Å². The first-order valence-corrected chi connectivity index (χ1v) is 5.85. The molecule has 1 aromatic carbocycles. The summed E-state index contributed by atoms with van der Waals surface area (Å²) in [7, 11) is 1.42. The fraction of sp³-hybridized carbons (Fsp3) is 0.0769. The molecule has 0 spiro atoms. The number of H-pyrrole nitrogens is 1. The Balaban J connectivity index is 2.12. The predicted octanol–water partition coefficient (Wildman–Crippen LogP) is 0.248. The monoisotopic (exact) mass is 288 g/mol. The molecule has 0 radical (unpaired) electrons. The minimum Gasteiger partial charge on any atom is -0.504 e. The van der Waals surface area contributed by atoms with Crippen molar-refractivity contribution in [2.24, 2.45) is 5.10 Å². The van der Waals surface area contributed by atoms with Crippen molar-refractivity contribution >= 4 is 12.1 Å². The Kier molecular flexibility index (Phi) is 4.30. The van der Waals surface area contributed by atoms with Crippen LogP contribution in [0.25, 0.3) is 0 Å². The summed E-state index contributed by atoms with van der Waals surface area (Å²) in [6.45, 7) is 0. The number of rotatable bonds is 4. The molecular weight excluding hydrogens is 276 g/mol. The molecule has 0 bridgehead atoms. The Bertz CT molecular complexity index is 739. The van der Waals surface area contributed by atoms with E-state index in [2.05, 4.69) is 20.5 Å². The highest BCUT2D eigenvalue weighted by Gasteiger charge is 2.09. The third-order valence-corrected chi connectivity index (χ3v) is 2.58. The lowest BCUT2D eigenvalue weighted by atomic mass is 10.2. The van der Waals surface area contributed by atoms with Crippen molar-refractivity contribution in [1.29, 1.82) is 0 Å². The molecule has 0 atom stereocenters. The zero-order valence-electron chi connectivity index (χ0n) is 11.0. The number of hydrogen-bond donors (Lipinski definition) is 3. The summed E-state index contributed by atoms with van der Waals surface area (Å²) in [4.78, 5) is 29.0. The number of benzene rings is 1. The maximum atomic E-state index is 11.7. The summed E-state index contributed by atoms with van der Waals surface area (Å²) < 4.78 is 4.95. The molecule has 108 valence electrons. The van der Waals surface area contributed by atoms with Crippen molar-refractivity contribution in [3.63, 3.8) is 0 Å². The first kappa shape index (κ1) is 14.3. The Morgan fingerprint density at radius 3 is 3.05 bits per heavy atom. The zero-order chi connectivity index (χ0) is 15.2. The summed E-state index contributed by atoms with van der Waals surface area (Å²) in [5, 5.41) is 13.5. The molecule has 21 heavy (non-hydrogen) atoms. The van der Waals surface area contributed by atoms with Gasteiger partial charge in [0.15, 0.2) is 11.5 Å². The van der Waals surface area contributed by atoms with Gasteiger partial charge >= 0.3 is 0 Å². The second-order valence-electron chi connectivity index (χ2n) is 3.89. The van der Waals surface area contributed by atoms with Crippen LogP contribution < -0.4 is 15.7 Å². The highest BCUT2D eigenvalue weighted by atomic mass is 16.5. The molecule has 1 heterocycles. The number of carbonyl (C=O) groups excluding carboxylic acids is 1. The number of ether oxygens (including phenoxy) is 1.